The van der Waals surface area contributed by atoms with Crippen LogP contribution in [0.2, 0.25) is 0 Å². The van der Waals surface area contributed by atoms with Gasteiger partial charge in [0, 0.05) is 29.4 Å². The summed E-state index contributed by atoms with van der Waals surface area (Å²) in [6.07, 6.45) is -1.28. The van der Waals surface area contributed by atoms with E-state index in [1.54, 1.807) is 12.1 Å². The number of carbonyl (C=O) groups is 2. The summed E-state index contributed by atoms with van der Waals surface area (Å²) in [7, 11) is 0. The standard InChI is InChI=1S/C22H19F3N2O3/c23-22(24,25)15-4-6-17-14(2-1-9-30-19(17)11-15)10-20(28)27-16-5-3-13-7-8-26-21(29)18(13)12-16/h3-6,10-12H,1-2,7-9H2,(H,26,29)(H,27,28)/b14-10+. The Balaban J connectivity index is 1.58. The number of hydrogen-bond donors (Lipinski definition) is 2. The van der Waals surface area contributed by atoms with Crippen molar-refractivity contribution in [2.24, 2.45) is 0 Å². The van der Waals surface area contributed by atoms with Crippen LogP contribution in [-0.2, 0) is 17.4 Å². The molecule has 0 radical (unpaired) electrons. The first-order chi connectivity index (χ1) is 14.3. The van der Waals surface area contributed by atoms with Crippen molar-refractivity contribution in [3.63, 3.8) is 0 Å². The summed E-state index contributed by atoms with van der Waals surface area (Å²) in [4.78, 5) is 24.6. The van der Waals surface area contributed by atoms with Crippen LogP contribution in [0.4, 0.5) is 18.9 Å². The van der Waals surface area contributed by atoms with Crippen molar-refractivity contribution in [1.82, 2.24) is 5.32 Å². The zero-order chi connectivity index (χ0) is 21.3. The van der Waals surface area contributed by atoms with Gasteiger partial charge in [0.25, 0.3) is 5.91 Å². The second kappa shape index (κ2) is 7.85. The molecule has 0 aromatic heterocycles. The Hall–Kier alpha value is -3.29. The third kappa shape index (κ3) is 4.17. The number of benzene rings is 2. The lowest BCUT2D eigenvalue weighted by Crippen LogP contribution is -2.31. The van der Waals surface area contributed by atoms with E-state index in [9.17, 15) is 22.8 Å². The van der Waals surface area contributed by atoms with Crippen molar-refractivity contribution >= 4 is 23.1 Å². The molecule has 0 atom stereocenters. The summed E-state index contributed by atoms with van der Waals surface area (Å²) < 4.78 is 44.5. The van der Waals surface area contributed by atoms with E-state index in [1.807, 2.05) is 6.07 Å². The summed E-state index contributed by atoms with van der Waals surface area (Å²) in [5.41, 5.74) is 2.21. The minimum atomic E-state index is -4.47. The SMILES string of the molecule is O=C(/C=C1\CCCOc2cc(C(F)(F)F)ccc21)Nc1ccc2c(c1)C(=O)NCC2. The largest absolute Gasteiger partial charge is 0.493 e. The molecule has 0 fully saturated rings. The third-order valence-corrected chi connectivity index (χ3v) is 5.11. The zero-order valence-electron chi connectivity index (χ0n) is 15.9. The van der Waals surface area contributed by atoms with E-state index >= 15 is 0 Å². The van der Waals surface area contributed by atoms with Gasteiger partial charge in [-0.25, -0.2) is 0 Å². The molecule has 0 unspecified atom stereocenters. The molecule has 2 aromatic rings. The van der Waals surface area contributed by atoms with Crippen molar-refractivity contribution < 1.29 is 27.5 Å². The van der Waals surface area contributed by atoms with Gasteiger partial charge in [-0.1, -0.05) is 12.1 Å². The van der Waals surface area contributed by atoms with Gasteiger partial charge in [-0.2, -0.15) is 13.2 Å². The van der Waals surface area contributed by atoms with Crippen LogP contribution in [0.3, 0.4) is 0 Å². The lowest BCUT2D eigenvalue weighted by molar-refractivity contribution is -0.137. The highest BCUT2D eigenvalue weighted by Crippen LogP contribution is 2.38. The minimum Gasteiger partial charge on any atom is -0.493 e. The van der Waals surface area contributed by atoms with E-state index in [0.717, 1.165) is 24.1 Å². The van der Waals surface area contributed by atoms with E-state index in [4.69, 9.17) is 4.74 Å². The summed E-state index contributed by atoms with van der Waals surface area (Å²) >= 11 is 0. The Labute approximate surface area is 170 Å². The van der Waals surface area contributed by atoms with E-state index in [2.05, 4.69) is 10.6 Å². The van der Waals surface area contributed by atoms with E-state index in [-0.39, 0.29) is 18.3 Å². The highest BCUT2D eigenvalue weighted by Gasteiger charge is 2.32. The molecule has 5 nitrogen and oxygen atoms in total. The van der Waals surface area contributed by atoms with Crippen LogP contribution >= 0.6 is 0 Å². The average molecular weight is 416 g/mol. The molecular weight excluding hydrogens is 397 g/mol. The highest BCUT2D eigenvalue weighted by molar-refractivity contribution is 6.05. The predicted molar refractivity (Wildman–Crippen MR) is 105 cm³/mol. The van der Waals surface area contributed by atoms with Gasteiger partial charge in [-0.15, -0.1) is 0 Å². The predicted octanol–water partition coefficient (Wildman–Crippen LogP) is 4.19. The maximum Gasteiger partial charge on any atom is 0.416 e. The maximum atomic E-state index is 13.0. The quantitative estimate of drug-likeness (QED) is 0.722. The van der Waals surface area contributed by atoms with Crippen LogP contribution < -0.4 is 15.4 Å². The van der Waals surface area contributed by atoms with Gasteiger partial charge in [0.2, 0.25) is 5.91 Å². The normalized spacial score (nSPS) is 17.3. The molecule has 2 aromatic carbocycles. The molecule has 0 saturated heterocycles. The smallest absolute Gasteiger partial charge is 0.416 e. The van der Waals surface area contributed by atoms with Crippen LogP contribution in [0.5, 0.6) is 5.75 Å². The molecule has 30 heavy (non-hydrogen) atoms. The van der Waals surface area contributed by atoms with Crippen molar-refractivity contribution in [3.05, 3.63) is 64.7 Å². The fourth-order valence-corrected chi connectivity index (χ4v) is 3.64. The number of hydrogen-bond acceptors (Lipinski definition) is 3. The number of rotatable bonds is 2. The lowest BCUT2D eigenvalue weighted by Gasteiger charge is -2.17. The highest BCUT2D eigenvalue weighted by atomic mass is 19.4. The van der Waals surface area contributed by atoms with Gasteiger partial charge < -0.3 is 15.4 Å². The van der Waals surface area contributed by atoms with Crippen molar-refractivity contribution in [3.8, 4) is 5.75 Å². The van der Waals surface area contributed by atoms with Gasteiger partial charge in [0.1, 0.15) is 5.75 Å². The Morgan fingerprint density at radius 2 is 1.93 bits per heavy atom. The van der Waals surface area contributed by atoms with Crippen LogP contribution in [0, 0.1) is 0 Å². The molecule has 2 aliphatic heterocycles. The zero-order valence-corrected chi connectivity index (χ0v) is 15.9. The number of nitrogens with one attached hydrogen (secondary N) is 2. The maximum absolute atomic E-state index is 13.0. The van der Waals surface area contributed by atoms with Crippen LogP contribution in [0.1, 0.15) is 39.9 Å². The number of ether oxygens (including phenoxy) is 1. The van der Waals surface area contributed by atoms with Gasteiger partial charge in [0.15, 0.2) is 0 Å². The fraction of sp³-hybridized carbons (Fsp3) is 0.273. The van der Waals surface area contributed by atoms with Crippen molar-refractivity contribution in [1.29, 1.82) is 0 Å². The summed E-state index contributed by atoms with van der Waals surface area (Å²) in [5, 5.41) is 5.49. The first-order valence-electron chi connectivity index (χ1n) is 9.58. The first-order valence-corrected chi connectivity index (χ1v) is 9.58. The minimum absolute atomic E-state index is 0.117. The molecule has 0 spiro atoms. The van der Waals surface area contributed by atoms with Crippen LogP contribution in [0.15, 0.2) is 42.5 Å². The summed E-state index contributed by atoms with van der Waals surface area (Å²) in [6.45, 7) is 0.856. The number of halogens is 3. The molecule has 2 heterocycles. The lowest BCUT2D eigenvalue weighted by atomic mass is 9.98. The van der Waals surface area contributed by atoms with Gasteiger partial charge >= 0.3 is 6.18 Å². The Morgan fingerprint density at radius 3 is 2.73 bits per heavy atom. The van der Waals surface area contributed by atoms with Crippen LogP contribution in [-0.4, -0.2) is 25.0 Å². The fourth-order valence-electron chi connectivity index (χ4n) is 3.64. The molecule has 156 valence electrons. The van der Waals surface area contributed by atoms with Gasteiger partial charge in [-0.05, 0) is 54.7 Å². The average Bonchev–Trinajstić information content (AvgIpc) is 2.90. The third-order valence-electron chi connectivity index (χ3n) is 5.11. The number of anilines is 1. The molecule has 0 saturated carbocycles. The number of allylic oxidation sites excluding steroid dienone is 1. The number of carbonyl (C=O) groups excluding carboxylic acids is 2. The molecular formula is C22H19F3N2O3. The number of alkyl halides is 3. The van der Waals surface area contributed by atoms with Crippen molar-refractivity contribution in [2.45, 2.75) is 25.4 Å². The molecule has 2 N–H and O–H groups in total. The second-order valence-electron chi connectivity index (χ2n) is 7.20. The van der Waals surface area contributed by atoms with E-state index in [0.29, 0.717) is 41.8 Å². The molecule has 0 aliphatic carbocycles. The van der Waals surface area contributed by atoms with Gasteiger partial charge in [-0.3, -0.25) is 9.59 Å². The summed E-state index contributed by atoms with van der Waals surface area (Å²) in [5.74, 6) is -0.484. The topological polar surface area (TPSA) is 67.4 Å². The monoisotopic (exact) mass is 416 g/mol. The molecule has 8 heteroatoms. The second-order valence-corrected chi connectivity index (χ2v) is 7.20. The van der Waals surface area contributed by atoms with E-state index < -0.39 is 17.6 Å². The number of fused-ring (bicyclic) bond motifs is 2. The first kappa shape index (κ1) is 20.0. The Morgan fingerprint density at radius 1 is 1.10 bits per heavy atom. The number of amides is 2. The van der Waals surface area contributed by atoms with Crippen molar-refractivity contribution in [2.75, 3.05) is 18.5 Å². The Kier molecular flexibility index (Phi) is 5.24. The molecule has 2 amide bonds. The van der Waals surface area contributed by atoms with Gasteiger partial charge in [0.05, 0.1) is 12.2 Å². The van der Waals surface area contributed by atoms with Crippen LogP contribution in [0.25, 0.3) is 5.57 Å². The molecule has 0 bridgehead atoms. The summed E-state index contributed by atoms with van der Waals surface area (Å²) in [6, 6.07) is 8.46. The molecule has 2 aliphatic rings. The molecule has 4 rings (SSSR count). The Bertz CT molecular complexity index is 1040. The van der Waals surface area contributed by atoms with E-state index in [1.165, 1.54) is 12.1 Å².